The number of nitrogens with two attached hydrogens (primary N) is 2. The molecule has 9 unspecified atom stereocenters. The second-order valence-electron chi connectivity index (χ2n) is 18.4. The van der Waals surface area contributed by atoms with Crippen molar-refractivity contribution in [2.24, 2.45) is 28.3 Å². The third-order valence-corrected chi connectivity index (χ3v) is 11.9. The number of nitrogens with zero attached hydrogens (tertiary/aromatic N) is 3. The smallest absolute Gasteiger partial charge is 0.329 e. The number of hydrogen-bond acceptors (Lipinski definition) is 13. The fourth-order valence-electron chi connectivity index (χ4n) is 8.00. The lowest BCUT2D eigenvalue weighted by Gasteiger charge is -2.43. The van der Waals surface area contributed by atoms with Crippen LogP contribution < -0.4 is 38.1 Å². The first-order chi connectivity index (χ1) is 32.4. The molecule has 0 radical (unpaired) electrons. The molecule has 2 bridgehead atoms. The number of carbonyl (C=O) groups is 9. The van der Waals surface area contributed by atoms with Crippen molar-refractivity contribution in [3.05, 3.63) is 29.8 Å². The number of esters is 1. The number of guanidine groups is 1. The van der Waals surface area contributed by atoms with Gasteiger partial charge in [0.15, 0.2) is 5.96 Å². The topological polar surface area (TPSA) is 355 Å². The summed E-state index contributed by atoms with van der Waals surface area (Å²) in [6.07, 6.45) is -3.21. The summed E-state index contributed by atoms with van der Waals surface area (Å²) >= 11 is 0. The largest absolute Gasteiger partial charge is 0.508 e. The van der Waals surface area contributed by atoms with Gasteiger partial charge in [0.05, 0.1) is 0 Å². The number of aliphatic carboxylic acids is 1. The number of hydrogen-bond donors (Lipinski definition) is 10. The number of benzene rings is 1. The van der Waals surface area contributed by atoms with Crippen LogP contribution in [-0.4, -0.2) is 153 Å². The van der Waals surface area contributed by atoms with Crippen LogP contribution >= 0.6 is 0 Å². The number of aliphatic hydroxyl groups excluding tert-OH is 1. The second kappa shape index (κ2) is 26.9. The number of fused-ring (bicyclic) bond motifs is 2. The average molecular weight is 973 g/mol. The van der Waals surface area contributed by atoms with Crippen molar-refractivity contribution in [3.63, 3.8) is 0 Å². The van der Waals surface area contributed by atoms with E-state index in [0.29, 0.717) is 18.4 Å². The van der Waals surface area contributed by atoms with Gasteiger partial charge in [0.2, 0.25) is 41.4 Å². The van der Waals surface area contributed by atoms with Crippen molar-refractivity contribution in [1.82, 2.24) is 36.4 Å². The van der Waals surface area contributed by atoms with Gasteiger partial charge in [0, 0.05) is 32.9 Å². The summed E-state index contributed by atoms with van der Waals surface area (Å²) in [5.41, 5.74) is 11.5. The van der Waals surface area contributed by atoms with Crippen LogP contribution in [-0.2, 0) is 54.3 Å². The molecule has 0 saturated carbocycles. The van der Waals surface area contributed by atoms with Gasteiger partial charge in [0.1, 0.15) is 60.4 Å². The molecule has 23 nitrogen and oxygen atoms in total. The van der Waals surface area contributed by atoms with Crippen LogP contribution in [0.4, 0.5) is 0 Å². The van der Waals surface area contributed by atoms with Gasteiger partial charge in [-0.1, -0.05) is 53.2 Å². The highest BCUT2D eigenvalue weighted by atomic mass is 16.5. The molecular formula is C46H72N10O13. The fraction of sp³-hybridized carbons (Fsp3) is 0.652. The Kier molecular flexibility index (Phi) is 22.1. The number of cyclic esters (lactones) is 1. The van der Waals surface area contributed by atoms with E-state index in [1.54, 1.807) is 39.8 Å². The minimum absolute atomic E-state index is 0.00401. The van der Waals surface area contributed by atoms with Crippen molar-refractivity contribution in [2.45, 2.75) is 167 Å². The lowest BCUT2D eigenvalue weighted by atomic mass is 9.94. The molecule has 69 heavy (non-hydrogen) atoms. The molecule has 2 heterocycles. The van der Waals surface area contributed by atoms with Crippen LogP contribution in [0.5, 0.6) is 5.75 Å². The molecule has 9 atom stereocenters. The van der Waals surface area contributed by atoms with Gasteiger partial charge < -0.3 is 67.9 Å². The first kappa shape index (κ1) is 56.8. The first-order valence-corrected chi connectivity index (χ1v) is 23.5. The molecule has 7 amide bonds. The van der Waals surface area contributed by atoms with Gasteiger partial charge in [-0.05, 0) is 81.4 Å². The van der Waals surface area contributed by atoms with Crippen molar-refractivity contribution >= 4 is 59.2 Å². The number of ether oxygens (including phenoxy) is 1. The van der Waals surface area contributed by atoms with Gasteiger partial charge in [-0.3, -0.25) is 43.3 Å². The minimum Gasteiger partial charge on any atom is -0.508 e. The highest BCUT2D eigenvalue weighted by Gasteiger charge is 2.46. The van der Waals surface area contributed by atoms with Crippen LogP contribution in [0.1, 0.15) is 111 Å². The van der Waals surface area contributed by atoms with Crippen molar-refractivity contribution < 1.29 is 63.2 Å². The number of aromatic hydroxyl groups is 1. The molecule has 384 valence electrons. The maximum absolute atomic E-state index is 14.8. The fourth-order valence-corrected chi connectivity index (χ4v) is 8.00. The normalized spacial score (nSPS) is 24.7. The Morgan fingerprint density at radius 3 is 2.16 bits per heavy atom. The number of nitrogens with one attached hydrogen (secondary N) is 5. The number of carboxylic acids is 1. The number of aliphatic hydroxyl groups is 1. The summed E-state index contributed by atoms with van der Waals surface area (Å²) in [7, 11) is 1.35. The molecule has 2 aliphatic heterocycles. The van der Waals surface area contributed by atoms with E-state index < -0.39 is 120 Å². The van der Waals surface area contributed by atoms with Gasteiger partial charge in [-0.25, -0.2) is 4.79 Å². The average Bonchev–Trinajstić information content (AvgIpc) is 3.27. The van der Waals surface area contributed by atoms with Gasteiger partial charge in [-0.2, -0.15) is 0 Å². The Balaban J connectivity index is 2.24. The van der Waals surface area contributed by atoms with E-state index >= 15 is 0 Å². The van der Waals surface area contributed by atoms with Crippen LogP contribution in [0.25, 0.3) is 0 Å². The molecule has 12 N–H and O–H groups in total. The molecule has 3 rings (SSSR count). The van der Waals surface area contributed by atoms with Crippen LogP contribution in [0.15, 0.2) is 29.3 Å². The van der Waals surface area contributed by atoms with Crippen molar-refractivity contribution in [2.75, 3.05) is 13.6 Å². The Bertz CT molecular complexity index is 2010. The molecular weight excluding hydrogens is 901 g/mol. The summed E-state index contributed by atoms with van der Waals surface area (Å²) < 4.78 is 5.84. The molecule has 2 saturated heterocycles. The lowest BCUT2D eigenvalue weighted by molar-refractivity contribution is -0.166. The Morgan fingerprint density at radius 2 is 1.57 bits per heavy atom. The summed E-state index contributed by atoms with van der Waals surface area (Å²) in [5.74, 6) is -9.49. The van der Waals surface area contributed by atoms with E-state index in [0.717, 1.165) is 9.80 Å². The van der Waals surface area contributed by atoms with Crippen LogP contribution in [0.3, 0.4) is 0 Å². The van der Waals surface area contributed by atoms with E-state index in [-0.39, 0.29) is 75.5 Å². The molecule has 0 aliphatic carbocycles. The van der Waals surface area contributed by atoms with E-state index in [1.165, 1.54) is 26.1 Å². The molecule has 0 spiro atoms. The maximum atomic E-state index is 14.8. The SMILES string of the molecule is CCCCC(=O)NC(CCC(=O)O)C(=O)NC1C(=O)NC(CCCN=C(N)N)C(=O)NC2CCC(O)N(C2=O)C(CC(C)C)C(=O)N(C)C(Cc2ccc(O)cc2)C(=O)NC(C(C)C)C(=O)OC1C. The molecule has 1 aromatic rings. The summed E-state index contributed by atoms with van der Waals surface area (Å²) in [6, 6.07) is -4.40. The molecule has 2 fully saturated rings. The molecule has 0 aromatic heterocycles. The van der Waals surface area contributed by atoms with E-state index in [4.69, 9.17) is 16.2 Å². The molecule has 1 aromatic carbocycles. The number of carboxylic acid groups (broad SMARTS) is 1. The number of phenols is 1. The lowest BCUT2D eigenvalue weighted by Crippen LogP contribution is -2.65. The highest BCUT2D eigenvalue weighted by molar-refractivity contribution is 5.98. The number of phenolic OH excluding ortho intramolecular Hbond substituents is 1. The van der Waals surface area contributed by atoms with E-state index in [2.05, 4.69) is 31.6 Å². The van der Waals surface area contributed by atoms with Gasteiger partial charge >= 0.3 is 11.9 Å². The zero-order valence-corrected chi connectivity index (χ0v) is 40.6. The number of likely N-dealkylation sites (N-methyl/N-ethyl adjacent to an activating group) is 1. The minimum atomic E-state index is -1.83. The van der Waals surface area contributed by atoms with E-state index in [9.17, 15) is 58.5 Å². The zero-order valence-electron chi connectivity index (χ0n) is 40.6. The third-order valence-electron chi connectivity index (χ3n) is 11.9. The second-order valence-corrected chi connectivity index (χ2v) is 18.4. The van der Waals surface area contributed by atoms with Crippen molar-refractivity contribution in [1.29, 1.82) is 0 Å². The monoisotopic (exact) mass is 973 g/mol. The van der Waals surface area contributed by atoms with Crippen molar-refractivity contribution in [3.8, 4) is 5.75 Å². The number of rotatable bonds is 18. The number of carbonyl (C=O) groups excluding carboxylic acids is 8. The molecule has 2 aliphatic rings. The van der Waals surface area contributed by atoms with Gasteiger partial charge in [-0.15, -0.1) is 0 Å². The number of amides is 7. The Morgan fingerprint density at radius 1 is 0.899 bits per heavy atom. The zero-order chi connectivity index (χ0) is 51.7. The third kappa shape index (κ3) is 17.2. The number of aliphatic imine (C=N–C) groups is 1. The standard InChI is InChI=1S/C46H72N10O13/c1-8-9-12-34(58)50-30(18-20-36(60)61)40(63)54-38-26(6)69-45(68)37(25(4)5)53-41(64)32(23-27-13-15-28(57)16-14-27)55(7)44(67)33(22-24(2)3)56-35(59)19-17-31(43(56)66)52-39(62)29(51-42(38)65)11-10-21-49-46(47)48/h13-16,24-26,29-33,35,37-38,57,59H,8-12,17-23H2,1-7H3,(H,50,58)(H,51,65)(H,52,62)(H,53,64)(H,54,63)(H,60,61)(H4,47,48,49). The Labute approximate surface area is 402 Å². The number of piperidine rings is 1. The predicted octanol–water partition coefficient (Wildman–Crippen LogP) is -0.749. The number of unbranched alkanes of at least 4 members (excludes halogenated alkanes) is 1. The van der Waals surface area contributed by atoms with Gasteiger partial charge in [0.25, 0.3) is 0 Å². The van der Waals surface area contributed by atoms with Crippen LogP contribution in [0.2, 0.25) is 0 Å². The quantitative estimate of drug-likeness (QED) is 0.0375. The van der Waals surface area contributed by atoms with Crippen LogP contribution in [0, 0.1) is 11.8 Å². The predicted molar refractivity (Wildman–Crippen MR) is 250 cm³/mol. The summed E-state index contributed by atoms with van der Waals surface area (Å²) in [4.78, 5) is 131. The molecule has 23 heteroatoms. The highest BCUT2D eigenvalue weighted by Crippen LogP contribution is 2.26. The van der Waals surface area contributed by atoms with E-state index in [1.807, 2.05) is 6.92 Å². The summed E-state index contributed by atoms with van der Waals surface area (Å²) in [6.45, 7) is 9.91. The first-order valence-electron chi connectivity index (χ1n) is 23.5. The Hall–Kier alpha value is -6.52. The summed E-state index contributed by atoms with van der Waals surface area (Å²) in [5, 5.41) is 43.8. The maximum Gasteiger partial charge on any atom is 0.329 e.